The SMILES string of the molecule is CC(C)CCCc1ccncn1. The van der Waals surface area contributed by atoms with E-state index in [1.54, 1.807) is 12.5 Å². The first kappa shape index (κ1) is 9.17. The highest BCUT2D eigenvalue weighted by Crippen LogP contribution is 2.06. The van der Waals surface area contributed by atoms with Gasteiger partial charge in [0.05, 0.1) is 0 Å². The standard InChI is InChI=1S/C10H16N2/c1-9(2)4-3-5-10-6-7-11-8-12-10/h6-9H,3-5H2,1-2H3. The molecule has 1 heterocycles. The summed E-state index contributed by atoms with van der Waals surface area (Å²) in [7, 11) is 0. The molecule has 1 aromatic rings. The molecule has 0 spiro atoms. The molecule has 1 aromatic heterocycles. The third kappa shape index (κ3) is 3.46. The second kappa shape index (κ2) is 4.86. The Kier molecular flexibility index (Phi) is 3.71. The van der Waals surface area contributed by atoms with Gasteiger partial charge in [0.25, 0.3) is 0 Å². The van der Waals surface area contributed by atoms with Crippen LogP contribution in [0, 0.1) is 5.92 Å². The van der Waals surface area contributed by atoms with Gasteiger partial charge in [-0.2, -0.15) is 0 Å². The van der Waals surface area contributed by atoms with Crippen molar-refractivity contribution in [3.8, 4) is 0 Å². The largest absolute Gasteiger partial charge is 0.245 e. The summed E-state index contributed by atoms with van der Waals surface area (Å²) >= 11 is 0. The van der Waals surface area contributed by atoms with Crippen molar-refractivity contribution < 1.29 is 0 Å². The normalized spacial score (nSPS) is 10.6. The van der Waals surface area contributed by atoms with Gasteiger partial charge in [-0.3, -0.25) is 0 Å². The minimum absolute atomic E-state index is 0.798. The van der Waals surface area contributed by atoms with Crippen LogP contribution in [0.5, 0.6) is 0 Å². The van der Waals surface area contributed by atoms with Crippen LogP contribution in [0.1, 0.15) is 32.4 Å². The quantitative estimate of drug-likeness (QED) is 0.683. The summed E-state index contributed by atoms with van der Waals surface area (Å²) in [5.41, 5.74) is 1.16. The van der Waals surface area contributed by atoms with E-state index in [1.807, 2.05) is 6.07 Å². The monoisotopic (exact) mass is 164 g/mol. The molecule has 0 saturated carbocycles. The van der Waals surface area contributed by atoms with Gasteiger partial charge in [-0.15, -0.1) is 0 Å². The van der Waals surface area contributed by atoms with Gasteiger partial charge < -0.3 is 0 Å². The highest BCUT2D eigenvalue weighted by Gasteiger charge is 1.96. The summed E-state index contributed by atoms with van der Waals surface area (Å²) in [6.07, 6.45) is 7.02. The molecule has 12 heavy (non-hydrogen) atoms. The Labute approximate surface area is 74.1 Å². The maximum Gasteiger partial charge on any atom is 0.115 e. The van der Waals surface area contributed by atoms with E-state index in [0.717, 1.165) is 18.0 Å². The molecule has 0 aliphatic carbocycles. The van der Waals surface area contributed by atoms with Gasteiger partial charge in [-0.1, -0.05) is 20.3 Å². The predicted octanol–water partition coefficient (Wildman–Crippen LogP) is 2.46. The first-order chi connectivity index (χ1) is 5.79. The van der Waals surface area contributed by atoms with Gasteiger partial charge in [0, 0.05) is 11.9 Å². The second-order valence-corrected chi connectivity index (χ2v) is 3.49. The van der Waals surface area contributed by atoms with Crippen LogP contribution in [0.4, 0.5) is 0 Å². The Morgan fingerprint density at radius 2 is 2.25 bits per heavy atom. The van der Waals surface area contributed by atoms with Crippen molar-refractivity contribution in [1.82, 2.24) is 9.97 Å². The van der Waals surface area contributed by atoms with Crippen molar-refractivity contribution in [2.45, 2.75) is 33.1 Å². The smallest absolute Gasteiger partial charge is 0.115 e. The zero-order valence-corrected chi connectivity index (χ0v) is 7.83. The van der Waals surface area contributed by atoms with E-state index in [9.17, 15) is 0 Å². The highest BCUT2D eigenvalue weighted by molar-refractivity contribution is 4.97. The molecule has 0 aromatic carbocycles. The van der Waals surface area contributed by atoms with Gasteiger partial charge in [0.2, 0.25) is 0 Å². The third-order valence-electron chi connectivity index (χ3n) is 1.86. The highest BCUT2D eigenvalue weighted by atomic mass is 14.8. The molecule has 0 atom stereocenters. The van der Waals surface area contributed by atoms with Crippen LogP contribution < -0.4 is 0 Å². The molecule has 2 heteroatoms. The van der Waals surface area contributed by atoms with Crippen molar-refractivity contribution in [2.24, 2.45) is 5.92 Å². The van der Waals surface area contributed by atoms with Crippen LogP contribution >= 0.6 is 0 Å². The van der Waals surface area contributed by atoms with E-state index >= 15 is 0 Å². The lowest BCUT2D eigenvalue weighted by atomic mass is 10.1. The fourth-order valence-corrected chi connectivity index (χ4v) is 1.16. The molecule has 0 fully saturated rings. The lowest BCUT2D eigenvalue weighted by molar-refractivity contribution is 0.553. The zero-order chi connectivity index (χ0) is 8.81. The lowest BCUT2D eigenvalue weighted by Gasteiger charge is -2.02. The minimum Gasteiger partial charge on any atom is -0.245 e. The number of rotatable bonds is 4. The Morgan fingerprint density at radius 3 is 2.83 bits per heavy atom. The van der Waals surface area contributed by atoms with Crippen molar-refractivity contribution in [3.63, 3.8) is 0 Å². The number of hydrogen-bond acceptors (Lipinski definition) is 2. The van der Waals surface area contributed by atoms with Crippen LogP contribution in [0.2, 0.25) is 0 Å². The summed E-state index contributed by atoms with van der Waals surface area (Å²) < 4.78 is 0. The van der Waals surface area contributed by atoms with E-state index in [2.05, 4.69) is 23.8 Å². The maximum atomic E-state index is 4.16. The van der Waals surface area contributed by atoms with Crippen LogP contribution in [-0.2, 0) is 6.42 Å². The van der Waals surface area contributed by atoms with Gasteiger partial charge in [0.1, 0.15) is 6.33 Å². The van der Waals surface area contributed by atoms with Crippen molar-refractivity contribution in [1.29, 1.82) is 0 Å². The van der Waals surface area contributed by atoms with Crippen LogP contribution in [-0.4, -0.2) is 9.97 Å². The molecular formula is C10H16N2. The number of nitrogens with zero attached hydrogens (tertiary/aromatic N) is 2. The molecule has 0 amide bonds. The second-order valence-electron chi connectivity index (χ2n) is 3.49. The molecule has 0 aliphatic rings. The van der Waals surface area contributed by atoms with E-state index in [0.29, 0.717) is 0 Å². The summed E-state index contributed by atoms with van der Waals surface area (Å²) in [4.78, 5) is 8.04. The van der Waals surface area contributed by atoms with E-state index in [1.165, 1.54) is 12.8 Å². The summed E-state index contributed by atoms with van der Waals surface area (Å²) in [5.74, 6) is 0.798. The van der Waals surface area contributed by atoms with Crippen LogP contribution in [0.3, 0.4) is 0 Å². The Morgan fingerprint density at radius 1 is 1.42 bits per heavy atom. The van der Waals surface area contributed by atoms with E-state index < -0.39 is 0 Å². The molecule has 0 bridgehead atoms. The number of aryl methyl sites for hydroxylation is 1. The molecule has 66 valence electrons. The fraction of sp³-hybridized carbons (Fsp3) is 0.600. The van der Waals surface area contributed by atoms with Gasteiger partial charge in [-0.25, -0.2) is 9.97 Å². The summed E-state index contributed by atoms with van der Waals surface area (Å²) in [5, 5.41) is 0. The summed E-state index contributed by atoms with van der Waals surface area (Å²) in [6, 6.07) is 1.99. The fourth-order valence-electron chi connectivity index (χ4n) is 1.16. The molecular weight excluding hydrogens is 148 g/mol. The van der Waals surface area contributed by atoms with Gasteiger partial charge >= 0.3 is 0 Å². The van der Waals surface area contributed by atoms with Gasteiger partial charge in [-0.05, 0) is 24.8 Å². The Balaban J connectivity index is 2.25. The molecule has 2 nitrogen and oxygen atoms in total. The third-order valence-corrected chi connectivity index (χ3v) is 1.86. The molecule has 0 N–H and O–H groups in total. The predicted molar refractivity (Wildman–Crippen MR) is 49.8 cm³/mol. The maximum absolute atomic E-state index is 4.16. The summed E-state index contributed by atoms with van der Waals surface area (Å²) in [6.45, 7) is 4.50. The Bertz CT molecular complexity index is 206. The average molecular weight is 164 g/mol. The molecule has 1 rings (SSSR count). The molecule has 0 unspecified atom stereocenters. The van der Waals surface area contributed by atoms with Gasteiger partial charge in [0.15, 0.2) is 0 Å². The number of hydrogen-bond donors (Lipinski definition) is 0. The van der Waals surface area contributed by atoms with E-state index in [4.69, 9.17) is 0 Å². The number of aromatic nitrogens is 2. The van der Waals surface area contributed by atoms with Crippen LogP contribution in [0.15, 0.2) is 18.6 Å². The zero-order valence-electron chi connectivity index (χ0n) is 7.83. The minimum atomic E-state index is 0.798. The van der Waals surface area contributed by atoms with Crippen LogP contribution in [0.25, 0.3) is 0 Å². The van der Waals surface area contributed by atoms with Crippen molar-refractivity contribution in [2.75, 3.05) is 0 Å². The molecule has 0 saturated heterocycles. The topological polar surface area (TPSA) is 25.8 Å². The molecule has 0 aliphatic heterocycles. The van der Waals surface area contributed by atoms with Crippen molar-refractivity contribution >= 4 is 0 Å². The van der Waals surface area contributed by atoms with Crippen molar-refractivity contribution in [3.05, 3.63) is 24.3 Å². The first-order valence-corrected chi connectivity index (χ1v) is 4.54. The van der Waals surface area contributed by atoms with E-state index in [-0.39, 0.29) is 0 Å². The average Bonchev–Trinajstić information content (AvgIpc) is 2.05. The Hall–Kier alpha value is -0.920. The lowest BCUT2D eigenvalue weighted by Crippen LogP contribution is -1.93. The molecule has 0 radical (unpaired) electrons. The first-order valence-electron chi connectivity index (χ1n) is 4.54.